The quantitative estimate of drug-likeness (QED) is 0.0955. The molecule has 3 N–H and O–H groups in total. The van der Waals surface area contributed by atoms with Crippen molar-refractivity contribution in [2.45, 2.75) is 63.7 Å². The SMILES string of the molecule is CCN(CC)[C@@H](C(=O)N1CCC[C@H]1c1ncc(-c2ccc(-c3ccc(-c4cnc([C@@H]5CCCN5C(=O)[C@H](NC=O)c5ccccc5)[nH]4)c(F)c3)cc2)[nH]1)c1ccccc1. The van der Waals surface area contributed by atoms with Crippen molar-refractivity contribution < 1.29 is 18.8 Å². The largest absolute Gasteiger partial charge is 0.343 e. The van der Waals surface area contributed by atoms with E-state index in [1.807, 2.05) is 102 Å². The van der Waals surface area contributed by atoms with Gasteiger partial charge >= 0.3 is 0 Å². The van der Waals surface area contributed by atoms with Crippen LogP contribution >= 0.6 is 0 Å². The van der Waals surface area contributed by atoms with Crippen molar-refractivity contribution in [2.24, 2.45) is 0 Å². The zero-order chi connectivity index (χ0) is 40.9. The lowest BCUT2D eigenvalue weighted by atomic mass is 10.0. The standard InChI is InChI=1S/C47H49FN8O3/c1-3-54(4-2)43(34-15-9-6-10-16-34)47(59)56-26-12-18-41(56)44-49-28-38(52-44)32-21-19-31(20-22-32)35-23-24-36(37(48)27-35)39-29-50-45(53-39)40-17-11-25-55(40)46(58)42(51-30-57)33-13-7-5-8-14-33/h5-10,13-16,19-24,27-30,40-43H,3-4,11-12,17-18,25-26H2,1-2H3,(H,49,52)(H,50,53)(H,51,57)/t40-,41-,42+,43+/m0/s1. The second-order valence-electron chi connectivity index (χ2n) is 15.2. The summed E-state index contributed by atoms with van der Waals surface area (Å²) >= 11 is 0. The predicted molar refractivity (Wildman–Crippen MR) is 225 cm³/mol. The second kappa shape index (κ2) is 17.6. The highest BCUT2D eigenvalue weighted by Gasteiger charge is 2.39. The number of carbonyl (C=O) groups is 3. The van der Waals surface area contributed by atoms with Crippen molar-refractivity contribution in [1.29, 1.82) is 0 Å². The van der Waals surface area contributed by atoms with Crippen LogP contribution in [0.1, 0.15) is 86.5 Å². The van der Waals surface area contributed by atoms with Gasteiger partial charge in [0.2, 0.25) is 18.2 Å². The van der Waals surface area contributed by atoms with Gasteiger partial charge in [-0.25, -0.2) is 14.4 Å². The van der Waals surface area contributed by atoms with Crippen molar-refractivity contribution in [3.8, 4) is 33.6 Å². The van der Waals surface area contributed by atoms with Gasteiger partial charge < -0.3 is 25.1 Å². The van der Waals surface area contributed by atoms with Crippen LogP contribution in [0.25, 0.3) is 33.6 Å². The Bertz CT molecular complexity index is 2380. The van der Waals surface area contributed by atoms with Crippen molar-refractivity contribution in [3.63, 3.8) is 0 Å². The lowest BCUT2D eigenvalue weighted by Crippen LogP contribution is -2.43. The Morgan fingerprint density at radius 3 is 1.88 bits per heavy atom. The Kier molecular flexibility index (Phi) is 11.8. The average Bonchev–Trinajstić information content (AvgIpc) is 4.12. The number of carbonyl (C=O) groups excluding carboxylic acids is 3. The van der Waals surface area contributed by atoms with E-state index in [4.69, 9.17) is 4.98 Å². The Morgan fingerprint density at radius 1 is 0.746 bits per heavy atom. The summed E-state index contributed by atoms with van der Waals surface area (Å²) in [6, 6.07) is 30.6. The fourth-order valence-electron chi connectivity index (χ4n) is 8.76. The molecule has 4 aromatic carbocycles. The maximum absolute atomic E-state index is 15.8. The fraction of sp³-hybridized carbons (Fsp3) is 0.298. The van der Waals surface area contributed by atoms with E-state index >= 15 is 4.39 Å². The first-order valence-corrected chi connectivity index (χ1v) is 20.5. The van der Waals surface area contributed by atoms with Crippen LogP contribution in [-0.4, -0.2) is 79.0 Å². The summed E-state index contributed by atoms with van der Waals surface area (Å²) in [7, 11) is 0. The molecule has 6 aromatic rings. The number of halogens is 1. The summed E-state index contributed by atoms with van der Waals surface area (Å²) in [5.41, 5.74) is 5.97. The first-order chi connectivity index (χ1) is 28.9. The summed E-state index contributed by atoms with van der Waals surface area (Å²) in [4.78, 5) is 61.4. The highest BCUT2D eigenvalue weighted by atomic mass is 19.1. The number of hydrogen-bond donors (Lipinski definition) is 3. The average molecular weight is 793 g/mol. The molecule has 0 unspecified atom stereocenters. The second-order valence-corrected chi connectivity index (χ2v) is 15.2. The lowest BCUT2D eigenvalue weighted by molar-refractivity contribution is -0.138. The zero-order valence-corrected chi connectivity index (χ0v) is 33.4. The number of benzene rings is 4. The van der Waals surface area contributed by atoms with Crippen molar-refractivity contribution in [3.05, 3.63) is 144 Å². The number of rotatable bonds is 14. The Morgan fingerprint density at radius 2 is 1.29 bits per heavy atom. The summed E-state index contributed by atoms with van der Waals surface area (Å²) in [6.45, 7) is 6.94. The molecule has 3 amide bonds. The molecule has 8 rings (SSSR count). The molecule has 12 heteroatoms. The van der Waals surface area contributed by atoms with Crippen LogP contribution in [0.4, 0.5) is 4.39 Å². The third kappa shape index (κ3) is 8.05. The van der Waals surface area contributed by atoms with Crippen LogP contribution in [0.15, 0.2) is 116 Å². The minimum atomic E-state index is -0.809. The van der Waals surface area contributed by atoms with Crippen molar-refractivity contribution in [2.75, 3.05) is 26.2 Å². The number of H-pyrrole nitrogens is 2. The zero-order valence-electron chi connectivity index (χ0n) is 33.4. The normalized spacial score (nSPS) is 17.6. The monoisotopic (exact) mass is 792 g/mol. The molecule has 4 heterocycles. The molecule has 0 radical (unpaired) electrons. The number of hydrogen-bond acceptors (Lipinski definition) is 6. The Balaban J connectivity index is 0.950. The molecule has 0 bridgehead atoms. The van der Waals surface area contributed by atoms with Crippen LogP contribution in [0.5, 0.6) is 0 Å². The number of aromatic nitrogens is 4. The van der Waals surface area contributed by atoms with Crippen molar-refractivity contribution in [1.82, 2.24) is 40.0 Å². The number of likely N-dealkylation sites (tertiary alicyclic amines) is 2. The van der Waals surface area contributed by atoms with Crippen LogP contribution < -0.4 is 5.32 Å². The maximum Gasteiger partial charge on any atom is 0.250 e. The Labute approximate surface area is 343 Å². The first-order valence-electron chi connectivity index (χ1n) is 20.5. The van der Waals surface area contributed by atoms with Gasteiger partial charge in [0, 0.05) is 18.7 Å². The van der Waals surface area contributed by atoms with E-state index in [1.54, 1.807) is 17.2 Å². The summed E-state index contributed by atoms with van der Waals surface area (Å²) in [5.74, 6) is 0.844. The molecule has 0 aliphatic carbocycles. The smallest absolute Gasteiger partial charge is 0.250 e. The molecule has 302 valence electrons. The van der Waals surface area contributed by atoms with E-state index in [0.717, 1.165) is 66.1 Å². The molecule has 2 fully saturated rings. The fourth-order valence-corrected chi connectivity index (χ4v) is 8.76. The molecule has 2 saturated heterocycles. The van der Waals surface area contributed by atoms with Gasteiger partial charge in [-0.2, -0.15) is 0 Å². The van der Waals surface area contributed by atoms with E-state index < -0.39 is 11.9 Å². The van der Waals surface area contributed by atoms with Gasteiger partial charge in [0.05, 0.1) is 35.9 Å². The van der Waals surface area contributed by atoms with E-state index in [-0.39, 0.29) is 29.9 Å². The summed E-state index contributed by atoms with van der Waals surface area (Å²) in [5, 5.41) is 2.68. The lowest BCUT2D eigenvalue weighted by Gasteiger charge is -2.34. The predicted octanol–water partition coefficient (Wildman–Crippen LogP) is 8.17. The number of amides is 3. The van der Waals surface area contributed by atoms with Gasteiger partial charge in [-0.1, -0.05) is 105 Å². The molecular formula is C47H49FN8O3. The van der Waals surface area contributed by atoms with E-state index in [1.165, 1.54) is 6.07 Å². The van der Waals surface area contributed by atoms with Crippen LogP contribution in [0.3, 0.4) is 0 Å². The summed E-state index contributed by atoms with van der Waals surface area (Å²) in [6.07, 6.45) is 7.21. The van der Waals surface area contributed by atoms with Gasteiger partial charge in [0.15, 0.2) is 0 Å². The van der Waals surface area contributed by atoms with Gasteiger partial charge in [-0.05, 0) is 78.7 Å². The highest BCUT2D eigenvalue weighted by molar-refractivity contribution is 5.86. The van der Waals surface area contributed by atoms with E-state index in [0.29, 0.717) is 48.6 Å². The highest BCUT2D eigenvalue weighted by Crippen LogP contribution is 2.37. The van der Waals surface area contributed by atoms with Crippen LogP contribution in [0, 0.1) is 5.82 Å². The number of aromatic amines is 2. The first kappa shape index (κ1) is 39.4. The number of likely N-dealkylation sites (N-methyl/N-ethyl adjacent to an activating group) is 1. The molecule has 2 aliphatic heterocycles. The minimum Gasteiger partial charge on any atom is -0.343 e. The van der Waals surface area contributed by atoms with Gasteiger partial charge in [-0.3, -0.25) is 19.3 Å². The van der Waals surface area contributed by atoms with Crippen LogP contribution in [-0.2, 0) is 14.4 Å². The number of nitrogens with one attached hydrogen (secondary N) is 3. The molecule has 0 spiro atoms. The third-order valence-electron chi connectivity index (χ3n) is 11.8. The summed E-state index contributed by atoms with van der Waals surface area (Å²) < 4.78 is 15.8. The molecule has 2 aliphatic rings. The van der Waals surface area contributed by atoms with E-state index in [9.17, 15) is 14.4 Å². The third-order valence-corrected chi connectivity index (χ3v) is 11.8. The molecule has 0 saturated carbocycles. The molecule has 11 nitrogen and oxygen atoms in total. The van der Waals surface area contributed by atoms with Crippen molar-refractivity contribution >= 4 is 18.2 Å². The van der Waals surface area contributed by atoms with E-state index in [2.05, 4.69) is 39.0 Å². The van der Waals surface area contributed by atoms with Gasteiger partial charge in [0.1, 0.15) is 29.5 Å². The molecule has 4 atom stereocenters. The maximum atomic E-state index is 15.8. The molecular weight excluding hydrogens is 744 g/mol. The number of nitrogens with zero attached hydrogens (tertiary/aromatic N) is 5. The Hall–Kier alpha value is -6.40. The topological polar surface area (TPSA) is 130 Å². The number of imidazole rings is 2. The van der Waals surface area contributed by atoms with Gasteiger partial charge in [-0.15, -0.1) is 0 Å². The molecule has 2 aromatic heterocycles. The van der Waals surface area contributed by atoms with Crippen LogP contribution in [0.2, 0.25) is 0 Å². The molecule has 59 heavy (non-hydrogen) atoms. The minimum absolute atomic E-state index is 0.102. The van der Waals surface area contributed by atoms with Gasteiger partial charge in [0.25, 0.3) is 0 Å².